The van der Waals surface area contributed by atoms with Gasteiger partial charge in [-0.15, -0.1) is 12.4 Å². The summed E-state index contributed by atoms with van der Waals surface area (Å²) in [6.07, 6.45) is 5.84. The van der Waals surface area contributed by atoms with Crippen molar-refractivity contribution < 1.29 is 9.53 Å². The Hall–Kier alpha value is -0.320. The quantitative estimate of drug-likeness (QED) is 0.831. The molecule has 1 aliphatic heterocycles. The molecule has 0 spiro atoms. The number of hydrogen-bond acceptors (Lipinski definition) is 3. The predicted molar refractivity (Wildman–Crippen MR) is 69.2 cm³/mol. The van der Waals surface area contributed by atoms with Crippen LogP contribution >= 0.6 is 12.4 Å². The number of amides is 1. The fourth-order valence-electron chi connectivity index (χ4n) is 2.68. The van der Waals surface area contributed by atoms with Crippen molar-refractivity contribution in [1.82, 2.24) is 4.90 Å². The molecule has 1 saturated carbocycles. The second-order valence-corrected chi connectivity index (χ2v) is 4.92. The zero-order valence-electron chi connectivity index (χ0n) is 10.3. The first-order valence-electron chi connectivity index (χ1n) is 6.39. The second-order valence-electron chi connectivity index (χ2n) is 4.92. The molecule has 0 aromatic carbocycles. The van der Waals surface area contributed by atoms with E-state index in [0.29, 0.717) is 31.5 Å². The lowest BCUT2D eigenvalue weighted by atomic mass is 10.0. The molecule has 2 rings (SSSR count). The minimum atomic E-state index is 0. The third-order valence-corrected chi connectivity index (χ3v) is 3.69. The fourth-order valence-corrected chi connectivity index (χ4v) is 2.68. The van der Waals surface area contributed by atoms with Gasteiger partial charge in [0.25, 0.3) is 0 Å². The molecule has 1 aliphatic carbocycles. The van der Waals surface area contributed by atoms with Crippen LogP contribution in [-0.2, 0) is 9.53 Å². The van der Waals surface area contributed by atoms with Crippen LogP contribution < -0.4 is 5.73 Å². The minimum Gasteiger partial charge on any atom is -0.373 e. The molecule has 2 aliphatic rings. The van der Waals surface area contributed by atoms with E-state index in [1.807, 2.05) is 4.90 Å². The molecule has 1 saturated heterocycles. The zero-order chi connectivity index (χ0) is 11.4. The highest BCUT2D eigenvalue weighted by atomic mass is 35.5. The summed E-state index contributed by atoms with van der Waals surface area (Å²) in [6, 6.07) is 0. The van der Waals surface area contributed by atoms with Gasteiger partial charge in [0.05, 0.1) is 12.7 Å². The molecular weight excluding hydrogens is 240 g/mol. The monoisotopic (exact) mass is 262 g/mol. The van der Waals surface area contributed by atoms with Gasteiger partial charge in [0.15, 0.2) is 0 Å². The molecule has 2 N–H and O–H groups in total. The van der Waals surface area contributed by atoms with E-state index in [4.69, 9.17) is 10.5 Å². The molecule has 1 atom stereocenters. The van der Waals surface area contributed by atoms with Crippen LogP contribution in [0, 0.1) is 5.92 Å². The Morgan fingerprint density at radius 1 is 1.35 bits per heavy atom. The smallest absolute Gasteiger partial charge is 0.223 e. The number of ether oxygens (including phenoxy) is 1. The number of nitrogens with two attached hydrogens (primary N) is 1. The van der Waals surface area contributed by atoms with Crippen LogP contribution in [-0.4, -0.2) is 43.2 Å². The summed E-state index contributed by atoms with van der Waals surface area (Å²) in [5.74, 6) is 0.931. The van der Waals surface area contributed by atoms with Gasteiger partial charge in [0.2, 0.25) is 5.91 Å². The predicted octanol–water partition coefficient (Wildman–Crippen LogP) is 1.17. The number of halogens is 1. The highest BCUT2D eigenvalue weighted by molar-refractivity contribution is 5.85. The summed E-state index contributed by atoms with van der Waals surface area (Å²) in [5, 5.41) is 0. The lowest BCUT2D eigenvalue weighted by molar-refractivity contribution is -0.139. The van der Waals surface area contributed by atoms with Crippen LogP contribution in [0.1, 0.15) is 32.1 Å². The van der Waals surface area contributed by atoms with E-state index < -0.39 is 0 Å². The van der Waals surface area contributed by atoms with Crippen molar-refractivity contribution in [3.63, 3.8) is 0 Å². The van der Waals surface area contributed by atoms with Crippen LogP contribution in [0.2, 0.25) is 0 Å². The first-order valence-corrected chi connectivity index (χ1v) is 6.39. The number of rotatable bonds is 3. The summed E-state index contributed by atoms with van der Waals surface area (Å²) >= 11 is 0. The molecule has 1 amide bonds. The van der Waals surface area contributed by atoms with Crippen LogP contribution in [0.4, 0.5) is 0 Å². The highest BCUT2D eigenvalue weighted by Gasteiger charge is 2.26. The van der Waals surface area contributed by atoms with Gasteiger partial charge in [0, 0.05) is 26.1 Å². The van der Waals surface area contributed by atoms with Gasteiger partial charge in [0.1, 0.15) is 0 Å². The van der Waals surface area contributed by atoms with E-state index in [0.717, 1.165) is 13.0 Å². The van der Waals surface area contributed by atoms with E-state index in [9.17, 15) is 4.79 Å². The summed E-state index contributed by atoms with van der Waals surface area (Å²) in [4.78, 5) is 14.0. The first kappa shape index (κ1) is 14.7. The average Bonchev–Trinajstić information content (AvgIpc) is 2.82. The molecule has 0 aromatic rings. The van der Waals surface area contributed by atoms with Crippen molar-refractivity contribution in [3.8, 4) is 0 Å². The van der Waals surface area contributed by atoms with Crippen LogP contribution in [0.3, 0.4) is 0 Å². The van der Waals surface area contributed by atoms with Crippen molar-refractivity contribution in [1.29, 1.82) is 0 Å². The average molecular weight is 263 g/mol. The van der Waals surface area contributed by atoms with Crippen molar-refractivity contribution in [2.24, 2.45) is 11.7 Å². The number of nitrogens with zero attached hydrogens (tertiary/aromatic N) is 1. The fraction of sp³-hybridized carbons (Fsp3) is 0.917. The maximum absolute atomic E-state index is 12.0. The third kappa shape index (κ3) is 4.12. The summed E-state index contributed by atoms with van der Waals surface area (Å²) in [6.45, 7) is 2.57. The molecule has 0 radical (unpaired) electrons. The molecule has 4 nitrogen and oxygen atoms in total. The van der Waals surface area contributed by atoms with Crippen molar-refractivity contribution >= 4 is 18.3 Å². The molecule has 1 heterocycles. The standard InChI is InChI=1S/C12H22N2O2.ClH/c13-8-11-9-14(5-6-16-11)12(15)7-10-3-1-2-4-10;/h10-11H,1-9,13H2;1H. The lowest BCUT2D eigenvalue weighted by Gasteiger charge is -2.33. The Labute approximate surface area is 109 Å². The molecule has 17 heavy (non-hydrogen) atoms. The zero-order valence-corrected chi connectivity index (χ0v) is 11.1. The van der Waals surface area contributed by atoms with Crippen LogP contribution in [0.15, 0.2) is 0 Å². The summed E-state index contributed by atoms with van der Waals surface area (Å²) < 4.78 is 5.46. The second kappa shape index (κ2) is 7.19. The van der Waals surface area contributed by atoms with Gasteiger partial charge >= 0.3 is 0 Å². The van der Waals surface area contributed by atoms with Gasteiger partial charge in [-0.3, -0.25) is 4.79 Å². The van der Waals surface area contributed by atoms with Gasteiger partial charge < -0.3 is 15.4 Å². The van der Waals surface area contributed by atoms with E-state index in [1.54, 1.807) is 0 Å². The molecule has 5 heteroatoms. The van der Waals surface area contributed by atoms with Gasteiger partial charge in [-0.05, 0) is 18.8 Å². The van der Waals surface area contributed by atoms with Crippen LogP contribution in [0.5, 0.6) is 0 Å². The Morgan fingerprint density at radius 2 is 2.06 bits per heavy atom. The first-order chi connectivity index (χ1) is 7.79. The Kier molecular flexibility index (Phi) is 6.23. The topological polar surface area (TPSA) is 55.6 Å². The minimum absolute atomic E-state index is 0. The SMILES string of the molecule is Cl.NCC1CN(C(=O)CC2CCCC2)CCO1. The maximum Gasteiger partial charge on any atom is 0.223 e. The molecule has 2 fully saturated rings. The number of carbonyl (C=O) groups is 1. The number of carbonyl (C=O) groups excluding carboxylic acids is 1. The maximum atomic E-state index is 12.0. The normalized spacial score (nSPS) is 25.7. The van der Waals surface area contributed by atoms with Gasteiger partial charge in [-0.1, -0.05) is 12.8 Å². The number of morpholine rings is 1. The number of hydrogen-bond donors (Lipinski definition) is 1. The largest absolute Gasteiger partial charge is 0.373 e. The van der Waals surface area contributed by atoms with E-state index in [2.05, 4.69) is 0 Å². The summed E-state index contributed by atoms with van der Waals surface area (Å²) in [7, 11) is 0. The lowest BCUT2D eigenvalue weighted by Crippen LogP contribution is -2.48. The van der Waals surface area contributed by atoms with Crippen LogP contribution in [0.25, 0.3) is 0 Å². The molecule has 100 valence electrons. The Bertz CT molecular complexity index is 245. The van der Waals surface area contributed by atoms with Gasteiger partial charge in [-0.25, -0.2) is 0 Å². The van der Waals surface area contributed by atoms with E-state index in [1.165, 1.54) is 25.7 Å². The summed E-state index contributed by atoms with van der Waals surface area (Å²) in [5.41, 5.74) is 5.57. The third-order valence-electron chi connectivity index (χ3n) is 3.69. The molecule has 0 bridgehead atoms. The van der Waals surface area contributed by atoms with E-state index >= 15 is 0 Å². The van der Waals surface area contributed by atoms with Crippen molar-refractivity contribution in [2.75, 3.05) is 26.2 Å². The Balaban J connectivity index is 0.00000144. The van der Waals surface area contributed by atoms with Crippen molar-refractivity contribution in [2.45, 2.75) is 38.2 Å². The van der Waals surface area contributed by atoms with Gasteiger partial charge in [-0.2, -0.15) is 0 Å². The van der Waals surface area contributed by atoms with E-state index in [-0.39, 0.29) is 18.5 Å². The molecule has 1 unspecified atom stereocenters. The Morgan fingerprint density at radius 3 is 2.71 bits per heavy atom. The molecular formula is C12H23ClN2O2. The molecule has 0 aromatic heterocycles. The van der Waals surface area contributed by atoms with Crippen molar-refractivity contribution in [3.05, 3.63) is 0 Å². The highest BCUT2D eigenvalue weighted by Crippen LogP contribution is 2.28.